The van der Waals surface area contributed by atoms with Crippen LogP contribution in [-0.4, -0.2) is 35.4 Å². The molecule has 1 atom stereocenters. The van der Waals surface area contributed by atoms with E-state index in [1.807, 2.05) is 29.1 Å². The molecule has 23 heavy (non-hydrogen) atoms. The number of rotatable bonds is 8. The number of aliphatic imine (C=N–C) groups is 1. The van der Waals surface area contributed by atoms with Gasteiger partial charge in [0.25, 0.3) is 0 Å². The highest BCUT2D eigenvalue weighted by Gasteiger charge is 2.04. The van der Waals surface area contributed by atoms with Crippen molar-refractivity contribution in [1.29, 1.82) is 0 Å². The number of nitrogens with zero attached hydrogens (tertiary/aromatic N) is 3. The van der Waals surface area contributed by atoms with Gasteiger partial charge in [0.05, 0.1) is 6.26 Å². The number of nitrogens with one attached hydrogen (secondary N) is 2. The van der Waals surface area contributed by atoms with E-state index in [0.717, 1.165) is 44.3 Å². The summed E-state index contributed by atoms with van der Waals surface area (Å²) in [5, 5.41) is 10.8. The smallest absolute Gasteiger partial charge is 0.191 e. The van der Waals surface area contributed by atoms with Crippen molar-refractivity contribution in [3.8, 4) is 0 Å². The van der Waals surface area contributed by atoms with Gasteiger partial charge in [0, 0.05) is 45.0 Å². The summed E-state index contributed by atoms with van der Waals surface area (Å²) in [6, 6.07) is 5.83. The van der Waals surface area contributed by atoms with E-state index in [4.69, 9.17) is 4.42 Å². The Morgan fingerprint density at radius 3 is 2.91 bits per heavy atom. The van der Waals surface area contributed by atoms with Crippen LogP contribution in [-0.2, 0) is 13.0 Å². The molecular formula is C16H26IN5O. The molecule has 6 nitrogen and oxygen atoms in total. The third kappa shape index (κ3) is 7.54. The zero-order valence-corrected chi connectivity index (χ0v) is 16.1. The molecule has 2 aromatic rings. The fourth-order valence-corrected chi connectivity index (χ4v) is 2.13. The maximum Gasteiger partial charge on any atom is 0.191 e. The first kappa shape index (κ1) is 19.5. The van der Waals surface area contributed by atoms with Crippen LogP contribution >= 0.6 is 24.0 Å². The molecule has 0 aliphatic carbocycles. The SMILES string of the molecule is CCNC(=NCC(C)Cn1cccn1)NCCc1ccco1.I. The first-order valence-corrected chi connectivity index (χ1v) is 7.80. The predicted octanol–water partition coefficient (Wildman–Crippen LogP) is 2.53. The predicted molar refractivity (Wildman–Crippen MR) is 103 cm³/mol. The van der Waals surface area contributed by atoms with Gasteiger partial charge in [0.15, 0.2) is 5.96 Å². The van der Waals surface area contributed by atoms with Gasteiger partial charge in [-0.05, 0) is 31.0 Å². The van der Waals surface area contributed by atoms with Gasteiger partial charge in [-0.3, -0.25) is 9.67 Å². The van der Waals surface area contributed by atoms with Crippen molar-refractivity contribution in [3.05, 3.63) is 42.6 Å². The third-order valence-electron chi connectivity index (χ3n) is 3.21. The topological polar surface area (TPSA) is 67.4 Å². The van der Waals surface area contributed by atoms with Crippen molar-refractivity contribution in [2.45, 2.75) is 26.8 Å². The quantitative estimate of drug-likeness (QED) is 0.383. The highest BCUT2D eigenvalue weighted by atomic mass is 127. The minimum atomic E-state index is 0. The molecule has 0 aliphatic heterocycles. The Labute approximate surface area is 154 Å². The molecule has 2 rings (SSSR count). The molecule has 2 heterocycles. The Balaban J connectivity index is 0.00000264. The monoisotopic (exact) mass is 431 g/mol. The molecule has 2 aromatic heterocycles. The minimum Gasteiger partial charge on any atom is -0.469 e. The van der Waals surface area contributed by atoms with E-state index in [9.17, 15) is 0 Å². The van der Waals surface area contributed by atoms with E-state index in [-0.39, 0.29) is 24.0 Å². The summed E-state index contributed by atoms with van der Waals surface area (Å²) in [6.45, 7) is 7.53. The van der Waals surface area contributed by atoms with Crippen LogP contribution in [0.1, 0.15) is 19.6 Å². The summed E-state index contributed by atoms with van der Waals surface area (Å²) in [7, 11) is 0. The number of hydrogen-bond donors (Lipinski definition) is 2. The van der Waals surface area contributed by atoms with Crippen molar-refractivity contribution in [2.24, 2.45) is 10.9 Å². The van der Waals surface area contributed by atoms with Gasteiger partial charge < -0.3 is 15.1 Å². The Morgan fingerprint density at radius 2 is 2.26 bits per heavy atom. The Bertz CT molecular complexity index is 539. The summed E-state index contributed by atoms with van der Waals surface area (Å²) in [5.41, 5.74) is 0. The van der Waals surface area contributed by atoms with Crippen molar-refractivity contribution < 1.29 is 4.42 Å². The van der Waals surface area contributed by atoms with Crippen LogP contribution in [0.25, 0.3) is 0 Å². The summed E-state index contributed by atoms with van der Waals surface area (Å²) in [6.07, 6.45) is 6.33. The molecule has 0 bridgehead atoms. The van der Waals surface area contributed by atoms with E-state index in [1.54, 1.807) is 12.5 Å². The average Bonchev–Trinajstić information content (AvgIpc) is 3.18. The van der Waals surface area contributed by atoms with E-state index < -0.39 is 0 Å². The highest BCUT2D eigenvalue weighted by molar-refractivity contribution is 14.0. The van der Waals surface area contributed by atoms with Crippen LogP contribution in [0.5, 0.6) is 0 Å². The molecule has 0 radical (unpaired) electrons. The molecule has 0 aromatic carbocycles. The van der Waals surface area contributed by atoms with Gasteiger partial charge in [-0.1, -0.05) is 6.92 Å². The van der Waals surface area contributed by atoms with Crippen LogP contribution in [0, 0.1) is 5.92 Å². The van der Waals surface area contributed by atoms with Gasteiger partial charge in [0.1, 0.15) is 5.76 Å². The second-order valence-electron chi connectivity index (χ2n) is 5.31. The van der Waals surface area contributed by atoms with Crippen LogP contribution in [0.2, 0.25) is 0 Å². The number of guanidine groups is 1. The standard InChI is InChI=1S/C16H25N5O.HI/c1-3-17-16(18-9-7-15-6-4-11-22-15)19-12-14(2)13-21-10-5-8-20-21;/h4-6,8,10-11,14H,3,7,9,12-13H2,1-2H3,(H2,17,18,19);1H. The molecule has 0 saturated heterocycles. The lowest BCUT2D eigenvalue weighted by Crippen LogP contribution is -2.38. The second kappa shape index (κ2) is 11.1. The molecule has 0 saturated carbocycles. The van der Waals surface area contributed by atoms with E-state index >= 15 is 0 Å². The van der Waals surface area contributed by atoms with E-state index in [0.29, 0.717) is 5.92 Å². The van der Waals surface area contributed by atoms with Crippen molar-refractivity contribution in [1.82, 2.24) is 20.4 Å². The lowest BCUT2D eigenvalue weighted by atomic mass is 10.2. The van der Waals surface area contributed by atoms with Gasteiger partial charge in [0.2, 0.25) is 0 Å². The lowest BCUT2D eigenvalue weighted by molar-refractivity contribution is 0.458. The fourth-order valence-electron chi connectivity index (χ4n) is 2.13. The largest absolute Gasteiger partial charge is 0.469 e. The average molecular weight is 431 g/mol. The number of aromatic nitrogens is 2. The molecule has 128 valence electrons. The van der Waals surface area contributed by atoms with Crippen molar-refractivity contribution >= 4 is 29.9 Å². The van der Waals surface area contributed by atoms with Crippen LogP contribution in [0.15, 0.2) is 46.3 Å². The van der Waals surface area contributed by atoms with Gasteiger partial charge in [-0.2, -0.15) is 5.10 Å². The van der Waals surface area contributed by atoms with Crippen LogP contribution < -0.4 is 10.6 Å². The molecule has 1 unspecified atom stereocenters. The van der Waals surface area contributed by atoms with E-state index in [1.165, 1.54) is 0 Å². The van der Waals surface area contributed by atoms with Gasteiger partial charge in [-0.15, -0.1) is 24.0 Å². The summed E-state index contributed by atoms with van der Waals surface area (Å²) >= 11 is 0. The van der Waals surface area contributed by atoms with Crippen molar-refractivity contribution in [3.63, 3.8) is 0 Å². The summed E-state index contributed by atoms with van der Waals surface area (Å²) < 4.78 is 7.26. The van der Waals surface area contributed by atoms with Crippen LogP contribution in [0.4, 0.5) is 0 Å². The van der Waals surface area contributed by atoms with Crippen LogP contribution in [0.3, 0.4) is 0 Å². The Hall–Kier alpha value is -1.51. The number of hydrogen-bond acceptors (Lipinski definition) is 3. The normalized spacial score (nSPS) is 12.5. The highest BCUT2D eigenvalue weighted by Crippen LogP contribution is 2.01. The third-order valence-corrected chi connectivity index (χ3v) is 3.21. The zero-order chi connectivity index (χ0) is 15.6. The summed E-state index contributed by atoms with van der Waals surface area (Å²) in [5.74, 6) is 2.26. The second-order valence-corrected chi connectivity index (χ2v) is 5.31. The maximum absolute atomic E-state index is 5.32. The first-order chi connectivity index (χ1) is 10.8. The Kier molecular flexibility index (Phi) is 9.42. The molecule has 2 N–H and O–H groups in total. The molecule has 0 amide bonds. The Morgan fingerprint density at radius 1 is 1.39 bits per heavy atom. The zero-order valence-electron chi connectivity index (χ0n) is 13.7. The molecule has 0 spiro atoms. The number of halogens is 1. The number of furan rings is 1. The molecule has 7 heteroatoms. The first-order valence-electron chi connectivity index (χ1n) is 7.80. The lowest BCUT2D eigenvalue weighted by Gasteiger charge is -2.13. The molecular weight excluding hydrogens is 405 g/mol. The molecule has 0 fully saturated rings. The van der Waals surface area contributed by atoms with Crippen molar-refractivity contribution in [2.75, 3.05) is 19.6 Å². The van der Waals surface area contributed by atoms with Gasteiger partial charge in [-0.25, -0.2) is 0 Å². The maximum atomic E-state index is 5.32. The van der Waals surface area contributed by atoms with E-state index in [2.05, 4.69) is 34.6 Å². The summed E-state index contributed by atoms with van der Waals surface area (Å²) in [4.78, 5) is 4.64. The molecule has 0 aliphatic rings. The van der Waals surface area contributed by atoms with Gasteiger partial charge >= 0.3 is 0 Å². The minimum absolute atomic E-state index is 0. The fraction of sp³-hybridized carbons (Fsp3) is 0.500.